The zero-order valence-electron chi connectivity index (χ0n) is 20.8. The lowest BCUT2D eigenvalue weighted by Gasteiger charge is -2.39. The molecule has 3 atom stereocenters. The van der Waals surface area contributed by atoms with E-state index in [9.17, 15) is 9.59 Å². The van der Waals surface area contributed by atoms with Gasteiger partial charge in [0.05, 0.1) is 14.2 Å². The highest BCUT2D eigenvalue weighted by molar-refractivity contribution is 5.85. The second-order valence-corrected chi connectivity index (χ2v) is 9.43. The van der Waals surface area contributed by atoms with E-state index in [2.05, 4.69) is 19.6 Å². The summed E-state index contributed by atoms with van der Waals surface area (Å²) in [5.41, 5.74) is 3.91. The zero-order valence-corrected chi connectivity index (χ0v) is 20.8. The van der Waals surface area contributed by atoms with Gasteiger partial charge in [0.15, 0.2) is 0 Å². The highest BCUT2D eigenvalue weighted by Gasteiger charge is 2.40. The van der Waals surface area contributed by atoms with E-state index in [-0.39, 0.29) is 17.8 Å². The first-order chi connectivity index (χ1) is 17.3. The average Bonchev–Trinajstić information content (AvgIpc) is 2.86. The number of hydrogen-bond donors (Lipinski definition) is 0. The molecule has 0 fully saturated rings. The molecule has 2 heterocycles. The van der Waals surface area contributed by atoms with Crippen LogP contribution in [0.4, 0.5) is 0 Å². The van der Waals surface area contributed by atoms with Crippen LogP contribution in [0.25, 0.3) is 21.9 Å². The molecule has 0 radical (unpaired) electrons. The molecule has 1 aliphatic rings. The smallest absolute Gasteiger partial charge is 0.336 e. The third-order valence-corrected chi connectivity index (χ3v) is 7.12. The lowest BCUT2D eigenvalue weighted by molar-refractivity contribution is 0.363. The Balaban J connectivity index is 1.82. The predicted octanol–water partition coefficient (Wildman–Crippen LogP) is 6.33. The largest absolute Gasteiger partial charge is 0.496 e. The van der Waals surface area contributed by atoms with Gasteiger partial charge in [0, 0.05) is 45.9 Å². The maximum Gasteiger partial charge on any atom is 0.336 e. The topological polar surface area (TPSA) is 78.9 Å². The summed E-state index contributed by atoms with van der Waals surface area (Å²) in [6, 6.07) is 14.0. The number of benzene rings is 2. The number of ether oxygens (including phenoxy) is 2. The number of allylic oxidation sites excluding steroid dienone is 3. The lowest BCUT2D eigenvalue weighted by Crippen LogP contribution is -2.26. The van der Waals surface area contributed by atoms with Crippen LogP contribution in [0.2, 0.25) is 0 Å². The highest BCUT2D eigenvalue weighted by atomic mass is 16.5. The van der Waals surface area contributed by atoms with Gasteiger partial charge < -0.3 is 18.3 Å². The van der Waals surface area contributed by atoms with E-state index < -0.39 is 11.3 Å². The van der Waals surface area contributed by atoms with Gasteiger partial charge >= 0.3 is 11.3 Å². The molecular weight excluding hydrogens is 456 g/mol. The van der Waals surface area contributed by atoms with Crippen molar-refractivity contribution < 1.29 is 18.3 Å². The van der Waals surface area contributed by atoms with Gasteiger partial charge in [-0.1, -0.05) is 23.8 Å². The molecule has 0 bridgehead atoms. The van der Waals surface area contributed by atoms with Crippen LogP contribution in [-0.4, -0.2) is 14.2 Å². The first-order valence-corrected chi connectivity index (χ1v) is 11.9. The van der Waals surface area contributed by atoms with E-state index in [1.165, 1.54) is 12.1 Å². The van der Waals surface area contributed by atoms with Crippen molar-refractivity contribution in [3.63, 3.8) is 0 Å². The van der Waals surface area contributed by atoms with Crippen molar-refractivity contribution in [1.29, 1.82) is 0 Å². The predicted molar refractivity (Wildman–Crippen MR) is 140 cm³/mol. The van der Waals surface area contributed by atoms with Gasteiger partial charge in [-0.2, -0.15) is 0 Å². The van der Waals surface area contributed by atoms with E-state index >= 15 is 0 Å². The molecule has 4 aromatic rings. The molecule has 6 nitrogen and oxygen atoms in total. The molecular formula is C30H28O6. The summed E-state index contributed by atoms with van der Waals surface area (Å²) in [7, 11) is 3.23. The Bertz CT molecular complexity index is 1640. The molecule has 0 saturated heterocycles. The molecule has 2 aromatic heterocycles. The fourth-order valence-electron chi connectivity index (χ4n) is 5.69. The van der Waals surface area contributed by atoms with Crippen molar-refractivity contribution in [2.75, 3.05) is 14.2 Å². The number of hydrogen-bond acceptors (Lipinski definition) is 6. The Morgan fingerprint density at radius 3 is 1.86 bits per heavy atom. The molecule has 184 valence electrons. The molecule has 36 heavy (non-hydrogen) atoms. The fraction of sp³-hybridized carbons (Fsp3) is 0.267. The van der Waals surface area contributed by atoms with Gasteiger partial charge in [-0.3, -0.25) is 0 Å². The summed E-state index contributed by atoms with van der Waals surface area (Å²) in [5, 5.41) is 1.64. The van der Waals surface area contributed by atoms with Crippen molar-refractivity contribution in [2.24, 2.45) is 5.92 Å². The maximum atomic E-state index is 12.3. The number of rotatable bonds is 5. The Morgan fingerprint density at radius 2 is 1.33 bits per heavy atom. The monoisotopic (exact) mass is 484 g/mol. The van der Waals surface area contributed by atoms with Gasteiger partial charge in [0.25, 0.3) is 0 Å². The van der Waals surface area contributed by atoms with Crippen LogP contribution in [-0.2, 0) is 0 Å². The van der Waals surface area contributed by atoms with Gasteiger partial charge in [-0.05, 0) is 62.6 Å². The molecule has 0 saturated carbocycles. The van der Waals surface area contributed by atoms with Crippen LogP contribution in [0.1, 0.15) is 43.2 Å². The first-order valence-electron chi connectivity index (χ1n) is 11.9. The van der Waals surface area contributed by atoms with Crippen LogP contribution in [0.5, 0.6) is 11.5 Å². The Hall–Kier alpha value is -4.06. The second-order valence-electron chi connectivity index (χ2n) is 9.43. The van der Waals surface area contributed by atoms with E-state index in [1.54, 1.807) is 26.4 Å². The molecule has 5 rings (SSSR count). The Morgan fingerprint density at radius 1 is 0.833 bits per heavy atom. The van der Waals surface area contributed by atoms with Gasteiger partial charge in [0.1, 0.15) is 22.7 Å². The van der Waals surface area contributed by atoms with Gasteiger partial charge in [-0.25, -0.2) is 9.59 Å². The number of fused-ring (bicyclic) bond motifs is 2. The minimum Gasteiger partial charge on any atom is -0.496 e. The molecule has 0 amide bonds. The standard InChI is InChI=1S/C30H28O6/c1-16(2)26-20(27-22(33-4)10-6-18-8-12-24(31)35-29(18)27)14-17(3)15-21(26)28-23(34-5)11-7-19-9-13-25(32)36-30(19)28/h6-14,20-21,26H,1,15H2,2-5H3. The Kier molecular flexibility index (Phi) is 6.04. The minimum absolute atomic E-state index is 0.114. The normalized spacial score (nSPS) is 19.8. The summed E-state index contributed by atoms with van der Waals surface area (Å²) < 4.78 is 23.1. The van der Waals surface area contributed by atoms with E-state index in [1.807, 2.05) is 31.2 Å². The van der Waals surface area contributed by atoms with Gasteiger partial charge in [0.2, 0.25) is 0 Å². The van der Waals surface area contributed by atoms with Crippen LogP contribution in [0.15, 0.2) is 90.8 Å². The zero-order chi connectivity index (χ0) is 25.6. The highest BCUT2D eigenvalue weighted by Crippen LogP contribution is 2.53. The lowest BCUT2D eigenvalue weighted by atomic mass is 9.65. The minimum atomic E-state index is -0.422. The molecule has 2 aromatic carbocycles. The number of methoxy groups -OCH3 is 2. The third kappa shape index (κ3) is 3.92. The van der Waals surface area contributed by atoms with Crippen molar-refractivity contribution in [3.8, 4) is 11.5 Å². The van der Waals surface area contributed by atoms with Crippen molar-refractivity contribution >= 4 is 21.9 Å². The first kappa shape index (κ1) is 23.7. The molecule has 0 aliphatic heterocycles. The average molecular weight is 485 g/mol. The molecule has 6 heteroatoms. The van der Waals surface area contributed by atoms with Crippen LogP contribution in [0, 0.1) is 5.92 Å². The van der Waals surface area contributed by atoms with Crippen molar-refractivity contribution in [3.05, 3.63) is 104 Å². The molecule has 0 spiro atoms. The van der Waals surface area contributed by atoms with E-state index in [0.29, 0.717) is 22.7 Å². The Labute approximate surface area is 208 Å². The molecule has 3 unspecified atom stereocenters. The summed E-state index contributed by atoms with van der Waals surface area (Å²) in [6.07, 6.45) is 2.92. The van der Waals surface area contributed by atoms with Crippen LogP contribution < -0.4 is 20.7 Å². The molecule has 1 aliphatic carbocycles. The van der Waals surface area contributed by atoms with Gasteiger partial charge in [-0.15, -0.1) is 0 Å². The van der Waals surface area contributed by atoms with Crippen LogP contribution >= 0.6 is 0 Å². The van der Waals surface area contributed by atoms with Crippen LogP contribution in [0.3, 0.4) is 0 Å². The summed E-state index contributed by atoms with van der Waals surface area (Å²) in [5.74, 6) is 0.842. The summed E-state index contributed by atoms with van der Waals surface area (Å²) >= 11 is 0. The van der Waals surface area contributed by atoms with E-state index in [4.69, 9.17) is 18.3 Å². The second kappa shape index (κ2) is 9.19. The SMILES string of the molecule is C=C(C)C1C(c2c(OC)ccc3ccc(=O)oc23)C=C(C)CC1c1c(OC)ccc2ccc(=O)oc12. The molecule has 0 N–H and O–H groups in total. The summed E-state index contributed by atoms with van der Waals surface area (Å²) in [6.45, 7) is 8.45. The third-order valence-electron chi connectivity index (χ3n) is 7.12. The maximum absolute atomic E-state index is 12.3. The van der Waals surface area contributed by atoms with Crippen molar-refractivity contribution in [1.82, 2.24) is 0 Å². The van der Waals surface area contributed by atoms with Crippen molar-refractivity contribution in [2.45, 2.75) is 32.1 Å². The quantitative estimate of drug-likeness (QED) is 0.243. The fourth-order valence-corrected chi connectivity index (χ4v) is 5.69. The van der Waals surface area contributed by atoms with E-state index in [0.717, 1.165) is 39.5 Å². The summed E-state index contributed by atoms with van der Waals surface area (Å²) in [4.78, 5) is 24.5.